The van der Waals surface area contributed by atoms with E-state index in [2.05, 4.69) is 5.32 Å². The average molecular weight is 411 g/mol. The minimum Gasteiger partial charge on any atom is -0.352 e. The summed E-state index contributed by atoms with van der Waals surface area (Å²) >= 11 is 1.52. The highest BCUT2D eigenvalue weighted by Gasteiger charge is 2.28. The number of benzene rings is 2. The molecule has 2 aromatic carbocycles. The van der Waals surface area contributed by atoms with E-state index in [1.807, 2.05) is 68.4 Å². The Labute approximate surface area is 178 Å². The normalized spacial score (nSPS) is 15.1. The molecule has 0 heterocycles. The van der Waals surface area contributed by atoms with Gasteiger partial charge in [0.15, 0.2) is 0 Å². The number of hydrogen-bond acceptors (Lipinski definition) is 3. The lowest BCUT2D eigenvalue weighted by Gasteiger charge is -2.29. The number of nitrogens with zero attached hydrogens (tertiary/aromatic N) is 1. The van der Waals surface area contributed by atoms with E-state index in [9.17, 15) is 9.59 Å². The molecule has 0 aliphatic heterocycles. The first-order chi connectivity index (χ1) is 14.0. The SMILES string of the molecule is Cc1ccc(SCC(=O)N(Cc2ccccc2)[C@H](C)C(=O)NC2CCCC2)cc1. The Morgan fingerprint density at radius 1 is 1.07 bits per heavy atom. The van der Waals surface area contributed by atoms with E-state index in [-0.39, 0.29) is 17.9 Å². The van der Waals surface area contributed by atoms with Crippen LogP contribution in [0.1, 0.15) is 43.7 Å². The highest BCUT2D eigenvalue weighted by molar-refractivity contribution is 8.00. The first-order valence-electron chi connectivity index (χ1n) is 10.4. The molecular weight excluding hydrogens is 380 g/mol. The van der Waals surface area contributed by atoms with Crippen molar-refractivity contribution in [2.24, 2.45) is 0 Å². The van der Waals surface area contributed by atoms with Crippen molar-refractivity contribution < 1.29 is 9.59 Å². The Morgan fingerprint density at radius 3 is 2.38 bits per heavy atom. The predicted molar refractivity (Wildman–Crippen MR) is 119 cm³/mol. The molecule has 0 aromatic heterocycles. The molecule has 3 rings (SSSR count). The number of amides is 2. The van der Waals surface area contributed by atoms with Gasteiger partial charge in [-0.25, -0.2) is 0 Å². The summed E-state index contributed by atoms with van der Waals surface area (Å²) in [4.78, 5) is 28.7. The van der Waals surface area contributed by atoms with Crippen LogP contribution in [0.2, 0.25) is 0 Å². The standard InChI is InChI=1S/C24H30N2O2S/c1-18-12-14-22(15-13-18)29-17-23(27)26(16-20-8-4-3-5-9-20)19(2)24(28)25-21-10-6-7-11-21/h3-5,8-9,12-15,19,21H,6-7,10-11,16-17H2,1-2H3,(H,25,28)/t19-/m1/s1. The zero-order valence-corrected chi connectivity index (χ0v) is 18.1. The number of carbonyl (C=O) groups is 2. The average Bonchev–Trinajstić information content (AvgIpc) is 3.24. The lowest BCUT2D eigenvalue weighted by Crippen LogP contribution is -2.50. The number of thioether (sulfide) groups is 1. The van der Waals surface area contributed by atoms with Gasteiger partial charge in [0.1, 0.15) is 6.04 Å². The van der Waals surface area contributed by atoms with Crippen LogP contribution in [-0.4, -0.2) is 34.6 Å². The molecule has 29 heavy (non-hydrogen) atoms. The van der Waals surface area contributed by atoms with Crippen molar-refractivity contribution in [3.8, 4) is 0 Å². The fourth-order valence-corrected chi connectivity index (χ4v) is 4.40. The van der Waals surface area contributed by atoms with Gasteiger partial charge in [-0.15, -0.1) is 11.8 Å². The molecule has 0 saturated heterocycles. The second-order valence-corrected chi connectivity index (χ2v) is 8.82. The molecule has 0 unspecified atom stereocenters. The zero-order chi connectivity index (χ0) is 20.6. The number of nitrogens with one attached hydrogen (secondary N) is 1. The second-order valence-electron chi connectivity index (χ2n) is 7.77. The zero-order valence-electron chi connectivity index (χ0n) is 17.3. The van der Waals surface area contributed by atoms with Gasteiger partial charge in [-0.2, -0.15) is 0 Å². The monoisotopic (exact) mass is 410 g/mol. The first-order valence-corrected chi connectivity index (χ1v) is 11.3. The third-order valence-corrected chi connectivity index (χ3v) is 6.44. The largest absolute Gasteiger partial charge is 0.352 e. The molecule has 1 N–H and O–H groups in total. The molecule has 4 nitrogen and oxygen atoms in total. The molecule has 0 radical (unpaired) electrons. The summed E-state index contributed by atoms with van der Waals surface area (Å²) in [5.74, 6) is 0.242. The minimum absolute atomic E-state index is 0.0199. The summed E-state index contributed by atoms with van der Waals surface area (Å²) in [7, 11) is 0. The van der Waals surface area contributed by atoms with Crippen LogP contribution in [0.5, 0.6) is 0 Å². The van der Waals surface area contributed by atoms with Crippen LogP contribution in [0.4, 0.5) is 0 Å². The van der Waals surface area contributed by atoms with Crippen molar-refractivity contribution in [2.75, 3.05) is 5.75 Å². The Bertz CT molecular complexity index is 801. The van der Waals surface area contributed by atoms with Gasteiger partial charge in [-0.1, -0.05) is 60.9 Å². The van der Waals surface area contributed by atoms with Gasteiger partial charge in [-0.3, -0.25) is 9.59 Å². The number of rotatable bonds is 8. The van der Waals surface area contributed by atoms with Crippen molar-refractivity contribution in [3.63, 3.8) is 0 Å². The third-order valence-electron chi connectivity index (χ3n) is 5.45. The Kier molecular flexibility index (Phi) is 7.76. The summed E-state index contributed by atoms with van der Waals surface area (Å²) in [6, 6.07) is 17.8. The summed E-state index contributed by atoms with van der Waals surface area (Å²) in [6.45, 7) is 4.32. The van der Waals surface area contributed by atoms with Gasteiger partial charge < -0.3 is 10.2 Å². The van der Waals surface area contributed by atoms with E-state index in [4.69, 9.17) is 0 Å². The van der Waals surface area contributed by atoms with Gasteiger partial charge in [0, 0.05) is 17.5 Å². The Hall–Kier alpha value is -2.27. The molecule has 1 aliphatic rings. The maximum atomic E-state index is 13.1. The molecule has 1 fully saturated rings. The number of hydrogen-bond donors (Lipinski definition) is 1. The molecule has 154 valence electrons. The number of carbonyl (C=O) groups excluding carboxylic acids is 2. The fourth-order valence-electron chi connectivity index (χ4n) is 3.62. The van der Waals surface area contributed by atoms with E-state index >= 15 is 0 Å². The van der Waals surface area contributed by atoms with Gasteiger partial charge in [-0.05, 0) is 44.4 Å². The molecule has 1 atom stereocenters. The van der Waals surface area contributed by atoms with E-state index in [1.54, 1.807) is 4.90 Å². The van der Waals surface area contributed by atoms with E-state index in [0.29, 0.717) is 12.3 Å². The van der Waals surface area contributed by atoms with Crippen molar-refractivity contribution in [1.29, 1.82) is 0 Å². The molecule has 5 heteroatoms. The minimum atomic E-state index is -0.498. The summed E-state index contributed by atoms with van der Waals surface area (Å²) < 4.78 is 0. The molecule has 2 aromatic rings. The van der Waals surface area contributed by atoms with Crippen LogP contribution in [-0.2, 0) is 16.1 Å². The fraction of sp³-hybridized carbons (Fsp3) is 0.417. The Balaban J connectivity index is 1.67. The van der Waals surface area contributed by atoms with Crippen molar-refractivity contribution in [2.45, 2.75) is 63.1 Å². The Morgan fingerprint density at radius 2 is 1.72 bits per heavy atom. The topological polar surface area (TPSA) is 49.4 Å². The third kappa shape index (κ3) is 6.36. The summed E-state index contributed by atoms with van der Waals surface area (Å²) in [5, 5.41) is 3.14. The van der Waals surface area contributed by atoms with Crippen molar-refractivity contribution in [1.82, 2.24) is 10.2 Å². The van der Waals surface area contributed by atoms with Crippen LogP contribution in [0.25, 0.3) is 0 Å². The van der Waals surface area contributed by atoms with Crippen LogP contribution < -0.4 is 5.32 Å². The van der Waals surface area contributed by atoms with E-state index in [0.717, 1.165) is 23.3 Å². The maximum absolute atomic E-state index is 13.1. The second kappa shape index (κ2) is 10.5. The highest BCUT2D eigenvalue weighted by Crippen LogP contribution is 2.21. The van der Waals surface area contributed by atoms with Gasteiger partial charge >= 0.3 is 0 Å². The first kappa shape index (κ1) is 21.4. The van der Waals surface area contributed by atoms with Crippen LogP contribution in [0.3, 0.4) is 0 Å². The van der Waals surface area contributed by atoms with Crippen LogP contribution in [0, 0.1) is 6.92 Å². The highest BCUT2D eigenvalue weighted by atomic mass is 32.2. The van der Waals surface area contributed by atoms with Crippen LogP contribution in [0.15, 0.2) is 59.5 Å². The van der Waals surface area contributed by atoms with Crippen LogP contribution >= 0.6 is 11.8 Å². The lowest BCUT2D eigenvalue weighted by atomic mass is 10.1. The molecule has 0 spiro atoms. The summed E-state index contributed by atoms with van der Waals surface area (Å²) in [5.41, 5.74) is 2.23. The lowest BCUT2D eigenvalue weighted by molar-refractivity contribution is -0.138. The van der Waals surface area contributed by atoms with E-state index in [1.165, 1.54) is 30.2 Å². The van der Waals surface area contributed by atoms with Gasteiger partial charge in [0.25, 0.3) is 0 Å². The van der Waals surface area contributed by atoms with E-state index < -0.39 is 6.04 Å². The summed E-state index contributed by atoms with van der Waals surface area (Å²) in [6.07, 6.45) is 4.40. The molecule has 0 bridgehead atoms. The molecule has 2 amide bonds. The molecular formula is C24H30N2O2S. The van der Waals surface area contributed by atoms with Gasteiger partial charge in [0.05, 0.1) is 5.75 Å². The number of aryl methyl sites for hydroxylation is 1. The quantitative estimate of drug-likeness (QED) is 0.649. The molecule has 1 aliphatic carbocycles. The maximum Gasteiger partial charge on any atom is 0.242 e. The van der Waals surface area contributed by atoms with Crippen molar-refractivity contribution in [3.05, 3.63) is 65.7 Å². The van der Waals surface area contributed by atoms with Gasteiger partial charge in [0.2, 0.25) is 11.8 Å². The predicted octanol–water partition coefficient (Wildman–Crippen LogP) is 4.56. The van der Waals surface area contributed by atoms with Crippen molar-refractivity contribution >= 4 is 23.6 Å². The smallest absolute Gasteiger partial charge is 0.242 e. The molecule has 1 saturated carbocycles.